The zero-order valence-corrected chi connectivity index (χ0v) is 9.81. The van der Waals surface area contributed by atoms with Gasteiger partial charge in [-0.1, -0.05) is 0 Å². The van der Waals surface area contributed by atoms with Crippen LogP contribution in [0.5, 0.6) is 0 Å². The van der Waals surface area contributed by atoms with Crippen LogP contribution in [0, 0.1) is 6.92 Å². The minimum absolute atomic E-state index is 0.0681. The first-order valence-corrected chi connectivity index (χ1v) is 5.64. The summed E-state index contributed by atoms with van der Waals surface area (Å²) in [6.45, 7) is 3.06. The van der Waals surface area contributed by atoms with E-state index in [4.69, 9.17) is 5.73 Å². The average Bonchev–Trinajstić information content (AvgIpc) is 3.04. The molecule has 1 aliphatic rings. The molecular weight excluding hydrogens is 204 g/mol. The molecule has 0 bridgehead atoms. The van der Waals surface area contributed by atoms with Crippen molar-refractivity contribution in [3.05, 3.63) is 17.5 Å². The van der Waals surface area contributed by atoms with Crippen molar-refractivity contribution in [3.8, 4) is 0 Å². The summed E-state index contributed by atoms with van der Waals surface area (Å²) >= 11 is 0. The molecule has 1 aromatic heterocycles. The SMILES string of the molecule is Cc1c(C(=O)N(CCN)C2CC2)cnn1C. The lowest BCUT2D eigenvalue weighted by molar-refractivity contribution is 0.0747. The van der Waals surface area contributed by atoms with Crippen molar-refractivity contribution in [2.24, 2.45) is 12.8 Å². The minimum atomic E-state index is 0.0681. The summed E-state index contributed by atoms with van der Waals surface area (Å²) in [5.41, 5.74) is 7.15. The van der Waals surface area contributed by atoms with Crippen molar-refractivity contribution in [1.82, 2.24) is 14.7 Å². The Hall–Kier alpha value is -1.36. The second kappa shape index (κ2) is 4.25. The predicted molar refractivity (Wildman–Crippen MR) is 61.1 cm³/mol. The molecule has 0 aromatic carbocycles. The number of hydrogen-bond donors (Lipinski definition) is 1. The third-order valence-electron chi connectivity index (χ3n) is 3.08. The number of carbonyl (C=O) groups excluding carboxylic acids is 1. The lowest BCUT2D eigenvalue weighted by atomic mass is 10.2. The van der Waals surface area contributed by atoms with Gasteiger partial charge in [-0.25, -0.2) is 0 Å². The van der Waals surface area contributed by atoms with E-state index < -0.39 is 0 Å². The van der Waals surface area contributed by atoms with Crippen molar-refractivity contribution >= 4 is 5.91 Å². The molecular formula is C11H18N4O. The second-order valence-corrected chi connectivity index (χ2v) is 4.29. The highest BCUT2D eigenvalue weighted by molar-refractivity contribution is 5.95. The van der Waals surface area contributed by atoms with E-state index in [1.165, 1.54) is 0 Å². The quantitative estimate of drug-likeness (QED) is 0.796. The lowest BCUT2D eigenvalue weighted by Gasteiger charge is -2.21. The molecule has 0 saturated heterocycles. The van der Waals surface area contributed by atoms with Gasteiger partial charge in [-0.15, -0.1) is 0 Å². The Bertz CT molecular complexity index is 395. The van der Waals surface area contributed by atoms with E-state index >= 15 is 0 Å². The Kier molecular flexibility index (Phi) is 2.96. The van der Waals surface area contributed by atoms with E-state index in [1.807, 2.05) is 18.9 Å². The van der Waals surface area contributed by atoms with Crippen LogP contribution in [-0.2, 0) is 7.05 Å². The summed E-state index contributed by atoms with van der Waals surface area (Å²) in [5.74, 6) is 0.0681. The molecule has 0 aliphatic heterocycles. The zero-order valence-electron chi connectivity index (χ0n) is 9.81. The standard InChI is InChI=1S/C11H18N4O/c1-8-10(7-13-14(8)2)11(16)15(6-5-12)9-3-4-9/h7,9H,3-6,12H2,1-2H3. The summed E-state index contributed by atoms with van der Waals surface area (Å²) in [6.07, 6.45) is 3.85. The van der Waals surface area contributed by atoms with Gasteiger partial charge in [0.15, 0.2) is 0 Å². The lowest BCUT2D eigenvalue weighted by Crippen LogP contribution is -2.37. The molecule has 2 N–H and O–H groups in total. The van der Waals surface area contributed by atoms with E-state index in [0.717, 1.165) is 18.5 Å². The molecule has 0 radical (unpaired) electrons. The normalized spacial score (nSPS) is 15.2. The Labute approximate surface area is 95.2 Å². The van der Waals surface area contributed by atoms with Crippen LogP contribution in [0.15, 0.2) is 6.20 Å². The first kappa shape index (κ1) is 11.1. The number of hydrogen-bond acceptors (Lipinski definition) is 3. The van der Waals surface area contributed by atoms with Crippen LogP contribution in [0.2, 0.25) is 0 Å². The highest BCUT2D eigenvalue weighted by Crippen LogP contribution is 2.28. The van der Waals surface area contributed by atoms with Crippen LogP contribution >= 0.6 is 0 Å². The van der Waals surface area contributed by atoms with Gasteiger partial charge in [0.1, 0.15) is 0 Å². The van der Waals surface area contributed by atoms with Crippen LogP contribution in [0.3, 0.4) is 0 Å². The fourth-order valence-electron chi connectivity index (χ4n) is 1.84. The molecule has 2 rings (SSSR count). The molecule has 1 heterocycles. The van der Waals surface area contributed by atoms with Crippen LogP contribution in [-0.4, -0.2) is 39.7 Å². The maximum absolute atomic E-state index is 12.3. The third kappa shape index (κ3) is 1.95. The van der Waals surface area contributed by atoms with Crippen molar-refractivity contribution in [2.75, 3.05) is 13.1 Å². The fraction of sp³-hybridized carbons (Fsp3) is 0.636. The number of amides is 1. The molecule has 5 nitrogen and oxygen atoms in total. The summed E-state index contributed by atoms with van der Waals surface area (Å²) in [5, 5.41) is 4.10. The van der Waals surface area contributed by atoms with Crippen LogP contribution in [0.25, 0.3) is 0 Å². The van der Waals surface area contributed by atoms with Gasteiger partial charge in [0.25, 0.3) is 5.91 Å². The largest absolute Gasteiger partial charge is 0.334 e. The van der Waals surface area contributed by atoms with Crippen molar-refractivity contribution in [3.63, 3.8) is 0 Å². The maximum Gasteiger partial charge on any atom is 0.257 e. The number of rotatable bonds is 4. The van der Waals surface area contributed by atoms with Gasteiger partial charge in [-0.2, -0.15) is 5.10 Å². The van der Waals surface area contributed by atoms with Gasteiger partial charge in [-0.3, -0.25) is 9.48 Å². The van der Waals surface area contributed by atoms with Crippen molar-refractivity contribution in [1.29, 1.82) is 0 Å². The van der Waals surface area contributed by atoms with Crippen molar-refractivity contribution < 1.29 is 4.79 Å². The molecule has 0 spiro atoms. The molecule has 1 aromatic rings. The molecule has 88 valence electrons. The van der Waals surface area contributed by atoms with E-state index in [1.54, 1.807) is 10.9 Å². The Morgan fingerprint density at radius 1 is 1.69 bits per heavy atom. The monoisotopic (exact) mass is 222 g/mol. The van der Waals surface area contributed by atoms with Gasteiger partial charge >= 0.3 is 0 Å². The summed E-state index contributed by atoms with van der Waals surface area (Å²) in [6, 6.07) is 0.399. The van der Waals surface area contributed by atoms with Gasteiger partial charge in [0.2, 0.25) is 0 Å². The molecule has 1 amide bonds. The Balaban J connectivity index is 2.18. The molecule has 1 saturated carbocycles. The Morgan fingerprint density at radius 2 is 2.38 bits per heavy atom. The molecule has 1 fully saturated rings. The summed E-state index contributed by atoms with van der Waals surface area (Å²) < 4.78 is 1.72. The number of carbonyl (C=O) groups is 1. The highest BCUT2D eigenvalue weighted by Gasteiger charge is 2.33. The first-order chi connectivity index (χ1) is 7.65. The smallest absolute Gasteiger partial charge is 0.257 e. The van der Waals surface area contributed by atoms with Crippen LogP contribution in [0.1, 0.15) is 28.9 Å². The predicted octanol–water partition coefficient (Wildman–Crippen LogP) is 0.292. The van der Waals surface area contributed by atoms with Gasteiger partial charge in [0.05, 0.1) is 11.8 Å². The third-order valence-corrected chi connectivity index (χ3v) is 3.08. The van der Waals surface area contributed by atoms with E-state index in [9.17, 15) is 4.79 Å². The molecule has 0 unspecified atom stereocenters. The van der Waals surface area contributed by atoms with E-state index in [-0.39, 0.29) is 5.91 Å². The fourth-order valence-corrected chi connectivity index (χ4v) is 1.84. The topological polar surface area (TPSA) is 64.2 Å². The van der Waals surface area contributed by atoms with Gasteiger partial charge in [-0.05, 0) is 19.8 Å². The molecule has 5 heteroatoms. The van der Waals surface area contributed by atoms with Crippen LogP contribution < -0.4 is 5.73 Å². The summed E-state index contributed by atoms with van der Waals surface area (Å²) in [7, 11) is 1.84. The number of nitrogens with two attached hydrogens (primary N) is 1. The van der Waals surface area contributed by atoms with Gasteiger partial charge in [0, 0.05) is 31.9 Å². The second-order valence-electron chi connectivity index (χ2n) is 4.29. The first-order valence-electron chi connectivity index (χ1n) is 5.64. The van der Waals surface area contributed by atoms with Crippen molar-refractivity contribution in [2.45, 2.75) is 25.8 Å². The molecule has 16 heavy (non-hydrogen) atoms. The maximum atomic E-state index is 12.3. The number of nitrogens with zero attached hydrogens (tertiary/aromatic N) is 3. The molecule has 0 atom stereocenters. The summed E-state index contributed by atoms with van der Waals surface area (Å²) in [4.78, 5) is 14.1. The number of aryl methyl sites for hydroxylation is 1. The highest BCUT2D eigenvalue weighted by atomic mass is 16.2. The minimum Gasteiger partial charge on any atom is -0.334 e. The van der Waals surface area contributed by atoms with Gasteiger partial charge < -0.3 is 10.6 Å². The number of aromatic nitrogens is 2. The zero-order chi connectivity index (χ0) is 11.7. The van der Waals surface area contributed by atoms with E-state index in [2.05, 4.69) is 5.10 Å². The molecule has 1 aliphatic carbocycles. The van der Waals surface area contributed by atoms with E-state index in [0.29, 0.717) is 24.7 Å². The Morgan fingerprint density at radius 3 is 2.81 bits per heavy atom. The average molecular weight is 222 g/mol. The van der Waals surface area contributed by atoms with Crippen LogP contribution in [0.4, 0.5) is 0 Å².